The zero-order valence-corrected chi connectivity index (χ0v) is 13.5. The van der Waals surface area contributed by atoms with Crippen molar-refractivity contribution in [3.05, 3.63) is 22.4 Å². The smallest absolute Gasteiger partial charge is 0.309 e. The summed E-state index contributed by atoms with van der Waals surface area (Å²) in [6.45, 7) is 0.839. The van der Waals surface area contributed by atoms with Crippen molar-refractivity contribution in [2.75, 3.05) is 17.7 Å². The van der Waals surface area contributed by atoms with Crippen LogP contribution in [0.2, 0.25) is 0 Å². The van der Waals surface area contributed by atoms with Gasteiger partial charge in [-0.25, -0.2) is 4.99 Å². The lowest BCUT2D eigenvalue weighted by Gasteiger charge is -2.28. The number of nitrogens with zero attached hydrogens (tertiary/aromatic N) is 3. The highest BCUT2D eigenvalue weighted by atomic mass is 19.1. The van der Waals surface area contributed by atoms with E-state index in [2.05, 4.69) is 15.3 Å². The Morgan fingerprint density at radius 2 is 2.27 bits per heavy atom. The molecule has 1 unspecified atom stereocenters. The minimum absolute atomic E-state index is 0.0567. The zero-order valence-electron chi connectivity index (χ0n) is 13.5. The molecule has 0 amide bonds. The van der Waals surface area contributed by atoms with Gasteiger partial charge in [-0.1, -0.05) is 0 Å². The maximum atomic E-state index is 14.2. The van der Waals surface area contributed by atoms with Crippen LogP contribution in [0.3, 0.4) is 0 Å². The highest BCUT2D eigenvalue weighted by molar-refractivity contribution is 6.10. The Hall–Kier alpha value is -2.60. The summed E-state index contributed by atoms with van der Waals surface area (Å²) in [5.74, 6) is -0.943. The first-order valence-corrected chi connectivity index (χ1v) is 7.77. The summed E-state index contributed by atoms with van der Waals surface area (Å²) >= 11 is 0. The molecular formula is C15H16FN5O5. The van der Waals surface area contributed by atoms with Gasteiger partial charge in [0.2, 0.25) is 5.82 Å². The van der Waals surface area contributed by atoms with Gasteiger partial charge < -0.3 is 35.7 Å². The number of rotatable bonds is 2. The van der Waals surface area contributed by atoms with Gasteiger partial charge in [-0.2, -0.15) is 9.37 Å². The van der Waals surface area contributed by atoms with Crippen LogP contribution >= 0.6 is 0 Å². The number of hydrogen-bond donors (Lipinski definition) is 5. The van der Waals surface area contributed by atoms with Gasteiger partial charge in [-0.15, -0.1) is 0 Å². The highest BCUT2D eigenvalue weighted by Gasteiger charge is 2.53. The standard InChI is InChI=1S/C15H16FN5O5/c1-15(25)10(23)6(3-22)26-14(15)21-2-5-7-11(18-4-19-12(7)21)20-13(24)8(16)9(5)17/h2,4,6,10,14,22-23,25H,3,17H2,1H3,(H,18,19,20,24)/t6?,10-,14-,15-/m1/s1. The Balaban J connectivity index is 2.01. The van der Waals surface area contributed by atoms with E-state index in [-0.39, 0.29) is 22.4 Å². The molecule has 0 saturated carbocycles. The van der Waals surface area contributed by atoms with Crippen LogP contribution in [0.4, 0.5) is 21.7 Å². The predicted molar refractivity (Wildman–Crippen MR) is 89.8 cm³/mol. The Labute approximate surface area is 145 Å². The van der Waals surface area contributed by atoms with E-state index < -0.39 is 47.7 Å². The first-order valence-electron chi connectivity index (χ1n) is 7.77. The predicted octanol–water partition coefficient (Wildman–Crippen LogP) is -0.795. The fraction of sp³-hybridized carbons (Fsp3) is 0.400. The fourth-order valence-corrected chi connectivity index (χ4v) is 3.35. The summed E-state index contributed by atoms with van der Waals surface area (Å²) in [6, 6.07) is 0. The molecule has 0 aromatic carbocycles. The number of aromatic nitrogens is 2. The quantitative estimate of drug-likeness (QED) is 0.463. The number of hydrogen-bond acceptors (Lipinski definition) is 9. The first kappa shape index (κ1) is 16.8. The SMILES string of the molecule is C[C@@]1(O)[C@H](O)C(CO)O[C@H]1n1cc2c(N)c(F)c(=O)nc3c2c1N=CN3. The fourth-order valence-electron chi connectivity index (χ4n) is 3.35. The minimum atomic E-state index is -1.77. The maximum absolute atomic E-state index is 14.2. The van der Waals surface area contributed by atoms with Crippen molar-refractivity contribution in [1.82, 2.24) is 9.55 Å². The van der Waals surface area contributed by atoms with E-state index in [0.29, 0.717) is 0 Å². The van der Waals surface area contributed by atoms with Gasteiger partial charge in [0.15, 0.2) is 6.23 Å². The summed E-state index contributed by atoms with van der Waals surface area (Å²) in [4.78, 5) is 19.6. The lowest BCUT2D eigenvalue weighted by atomic mass is 9.96. The number of aliphatic imine (C=N–C) groups is 1. The second-order valence-corrected chi connectivity index (χ2v) is 6.42. The number of aliphatic hydroxyl groups excluding tert-OH is 2. The number of nitrogen functional groups attached to an aromatic ring is 1. The molecule has 2 aromatic heterocycles. The second-order valence-electron chi connectivity index (χ2n) is 6.42. The van der Waals surface area contributed by atoms with Gasteiger partial charge in [0.1, 0.15) is 29.4 Å². The van der Waals surface area contributed by atoms with Crippen LogP contribution in [0.15, 0.2) is 16.0 Å². The molecule has 2 aromatic rings. The number of aliphatic hydroxyl groups is 3. The third-order valence-corrected chi connectivity index (χ3v) is 4.75. The van der Waals surface area contributed by atoms with Crippen molar-refractivity contribution in [1.29, 1.82) is 0 Å². The topological polar surface area (TPSA) is 155 Å². The van der Waals surface area contributed by atoms with E-state index >= 15 is 0 Å². The molecule has 0 aliphatic carbocycles. The van der Waals surface area contributed by atoms with E-state index in [1.165, 1.54) is 24.0 Å². The van der Waals surface area contributed by atoms with Crippen LogP contribution in [0.5, 0.6) is 0 Å². The normalized spacial score (nSPS) is 30.0. The molecule has 0 radical (unpaired) electrons. The molecule has 1 saturated heterocycles. The molecule has 138 valence electrons. The summed E-state index contributed by atoms with van der Waals surface area (Å²) in [5.41, 5.74) is 2.47. The summed E-state index contributed by atoms with van der Waals surface area (Å²) < 4.78 is 21.1. The van der Waals surface area contributed by atoms with Gasteiger partial charge in [-0.05, 0) is 6.92 Å². The van der Waals surface area contributed by atoms with Crippen LogP contribution in [-0.2, 0) is 4.74 Å². The molecule has 10 nitrogen and oxygen atoms in total. The second kappa shape index (κ2) is 5.45. The molecule has 4 atom stereocenters. The van der Waals surface area contributed by atoms with Crippen molar-refractivity contribution in [3.63, 3.8) is 0 Å². The zero-order chi connectivity index (χ0) is 18.8. The average Bonchev–Trinajstić information content (AvgIpc) is 3.07. The van der Waals surface area contributed by atoms with Crippen LogP contribution in [-0.4, -0.2) is 55.6 Å². The van der Waals surface area contributed by atoms with Gasteiger partial charge in [0.25, 0.3) is 0 Å². The molecular weight excluding hydrogens is 349 g/mol. The number of ether oxygens (including phenoxy) is 1. The van der Waals surface area contributed by atoms with Crippen LogP contribution in [0, 0.1) is 5.82 Å². The minimum Gasteiger partial charge on any atom is -0.396 e. The molecule has 0 spiro atoms. The van der Waals surface area contributed by atoms with Gasteiger partial charge in [-0.3, -0.25) is 4.79 Å². The van der Waals surface area contributed by atoms with Crippen molar-refractivity contribution in [3.8, 4) is 0 Å². The number of nitrogens with two attached hydrogens (primary N) is 1. The van der Waals surface area contributed by atoms with Gasteiger partial charge in [0.05, 0.1) is 24.0 Å². The molecule has 4 rings (SSSR count). The Kier molecular flexibility index (Phi) is 3.53. The van der Waals surface area contributed by atoms with E-state index in [4.69, 9.17) is 10.5 Å². The van der Waals surface area contributed by atoms with E-state index in [1.54, 1.807) is 0 Å². The van der Waals surface area contributed by atoms with Crippen molar-refractivity contribution in [2.24, 2.45) is 4.99 Å². The third kappa shape index (κ3) is 2.08. The summed E-state index contributed by atoms with van der Waals surface area (Å²) in [7, 11) is 0. The molecule has 1 fully saturated rings. The lowest BCUT2D eigenvalue weighted by molar-refractivity contribution is -0.0955. The summed E-state index contributed by atoms with van der Waals surface area (Å²) in [5, 5.41) is 33.3. The lowest BCUT2D eigenvalue weighted by Crippen LogP contribution is -2.44. The van der Waals surface area contributed by atoms with Crippen LogP contribution in [0.25, 0.3) is 10.8 Å². The Morgan fingerprint density at radius 3 is 2.92 bits per heavy atom. The molecule has 4 heterocycles. The summed E-state index contributed by atoms with van der Waals surface area (Å²) in [6.07, 6.45) is -0.910. The molecule has 2 aliphatic heterocycles. The molecule has 11 heteroatoms. The molecule has 2 aliphatic rings. The van der Waals surface area contributed by atoms with Crippen molar-refractivity contribution >= 4 is 34.4 Å². The monoisotopic (exact) mass is 365 g/mol. The van der Waals surface area contributed by atoms with Crippen molar-refractivity contribution < 1.29 is 24.4 Å². The first-order chi connectivity index (χ1) is 12.3. The molecule has 6 N–H and O–H groups in total. The average molecular weight is 365 g/mol. The van der Waals surface area contributed by atoms with Crippen molar-refractivity contribution in [2.45, 2.75) is 31.0 Å². The largest absolute Gasteiger partial charge is 0.396 e. The number of nitrogens with one attached hydrogen (secondary N) is 1. The van der Waals surface area contributed by atoms with E-state index in [9.17, 15) is 24.5 Å². The maximum Gasteiger partial charge on any atom is 0.309 e. The molecule has 26 heavy (non-hydrogen) atoms. The highest BCUT2D eigenvalue weighted by Crippen LogP contribution is 2.45. The Morgan fingerprint density at radius 1 is 1.54 bits per heavy atom. The number of halogens is 1. The van der Waals surface area contributed by atoms with E-state index in [1.807, 2.05) is 0 Å². The van der Waals surface area contributed by atoms with Gasteiger partial charge in [0, 0.05) is 11.6 Å². The molecule has 0 bridgehead atoms. The Bertz CT molecular complexity index is 1000. The number of anilines is 2. The van der Waals surface area contributed by atoms with E-state index in [0.717, 1.165) is 0 Å². The van der Waals surface area contributed by atoms with Crippen LogP contribution < -0.4 is 16.6 Å². The van der Waals surface area contributed by atoms with Crippen LogP contribution in [0.1, 0.15) is 13.2 Å². The van der Waals surface area contributed by atoms with Gasteiger partial charge >= 0.3 is 5.56 Å². The third-order valence-electron chi connectivity index (χ3n) is 4.75.